The lowest BCUT2D eigenvalue weighted by atomic mass is 10.1. The van der Waals surface area contributed by atoms with Gasteiger partial charge in [0, 0.05) is 11.6 Å². The zero-order valence-electron chi connectivity index (χ0n) is 13.6. The van der Waals surface area contributed by atoms with Gasteiger partial charge in [-0.25, -0.2) is 8.78 Å². The standard InChI is InChI=1S/C18H10ClF2N5O/c19-16-10(8-22)4-5-13-11(16)7-14(17(20)21)26(13)9-15-24-18(27-25-15)12-3-1-2-6-23-12/h1-7,17H,9H2. The number of halogens is 3. The zero-order chi connectivity index (χ0) is 19.0. The first-order valence-corrected chi connectivity index (χ1v) is 8.20. The second kappa shape index (κ2) is 6.78. The van der Waals surface area contributed by atoms with Gasteiger partial charge in [-0.15, -0.1) is 0 Å². The number of benzene rings is 1. The molecule has 0 radical (unpaired) electrons. The maximum Gasteiger partial charge on any atom is 0.278 e. The van der Waals surface area contributed by atoms with Crippen molar-refractivity contribution in [3.63, 3.8) is 0 Å². The van der Waals surface area contributed by atoms with E-state index in [1.165, 1.54) is 16.7 Å². The molecule has 3 heterocycles. The van der Waals surface area contributed by atoms with E-state index in [-0.39, 0.29) is 34.5 Å². The van der Waals surface area contributed by atoms with Crippen LogP contribution in [0.25, 0.3) is 22.5 Å². The van der Waals surface area contributed by atoms with Gasteiger partial charge in [-0.1, -0.05) is 22.8 Å². The Bertz CT molecular complexity index is 1160. The first-order valence-electron chi connectivity index (χ1n) is 7.82. The predicted molar refractivity (Wildman–Crippen MR) is 93.3 cm³/mol. The van der Waals surface area contributed by atoms with Gasteiger partial charge < -0.3 is 9.09 Å². The smallest absolute Gasteiger partial charge is 0.278 e. The van der Waals surface area contributed by atoms with Crippen LogP contribution in [-0.2, 0) is 6.54 Å². The summed E-state index contributed by atoms with van der Waals surface area (Å²) in [6.07, 6.45) is -1.15. The largest absolute Gasteiger partial charge is 0.332 e. The Morgan fingerprint density at radius 3 is 2.81 bits per heavy atom. The van der Waals surface area contributed by atoms with Crippen molar-refractivity contribution in [3.8, 4) is 17.7 Å². The SMILES string of the molecule is N#Cc1ccc2c(cc(C(F)F)n2Cc2noc(-c3ccccn3)n2)c1Cl. The molecule has 0 saturated carbocycles. The molecule has 0 aliphatic heterocycles. The van der Waals surface area contributed by atoms with Gasteiger partial charge in [-0.05, 0) is 30.3 Å². The molecule has 0 amide bonds. The maximum atomic E-state index is 13.5. The van der Waals surface area contributed by atoms with Crippen LogP contribution >= 0.6 is 11.6 Å². The Morgan fingerprint density at radius 1 is 1.26 bits per heavy atom. The van der Waals surface area contributed by atoms with E-state index in [1.54, 1.807) is 30.5 Å². The number of hydrogen-bond acceptors (Lipinski definition) is 5. The van der Waals surface area contributed by atoms with Crippen LogP contribution in [0.2, 0.25) is 5.02 Å². The highest BCUT2D eigenvalue weighted by atomic mass is 35.5. The molecule has 0 fully saturated rings. The van der Waals surface area contributed by atoms with Crippen molar-refractivity contribution in [2.24, 2.45) is 0 Å². The number of nitrogens with zero attached hydrogens (tertiary/aromatic N) is 5. The van der Waals surface area contributed by atoms with Gasteiger partial charge in [0.2, 0.25) is 0 Å². The molecule has 0 N–H and O–H groups in total. The Labute approximate surface area is 156 Å². The molecule has 4 aromatic rings. The van der Waals surface area contributed by atoms with Gasteiger partial charge in [0.1, 0.15) is 11.8 Å². The average molecular weight is 386 g/mol. The normalized spacial score (nSPS) is 11.2. The van der Waals surface area contributed by atoms with Crippen molar-refractivity contribution in [3.05, 3.63) is 64.7 Å². The van der Waals surface area contributed by atoms with E-state index in [4.69, 9.17) is 21.4 Å². The van der Waals surface area contributed by atoms with Crippen LogP contribution in [0, 0.1) is 11.3 Å². The third-order valence-corrected chi connectivity index (χ3v) is 4.45. The molecule has 0 aliphatic carbocycles. The molecule has 9 heteroatoms. The quantitative estimate of drug-likeness (QED) is 0.513. The maximum absolute atomic E-state index is 13.5. The van der Waals surface area contributed by atoms with Gasteiger partial charge in [-0.2, -0.15) is 10.2 Å². The molecule has 1 aromatic carbocycles. The third kappa shape index (κ3) is 3.02. The lowest BCUT2D eigenvalue weighted by molar-refractivity contribution is 0.142. The molecule has 3 aromatic heterocycles. The van der Waals surface area contributed by atoms with Crippen molar-refractivity contribution >= 4 is 22.5 Å². The van der Waals surface area contributed by atoms with Crippen LogP contribution < -0.4 is 0 Å². The minimum Gasteiger partial charge on any atom is -0.332 e. The van der Waals surface area contributed by atoms with Gasteiger partial charge in [0.25, 0.3) is 12.3 Å². The van der Waals surface area contributed by atoms with Crippen molar-refractivity contribution in [2.75, 3.05) is 0 Å². The van der Waals surface area contributed by atoms with Crippen LogP contribution in [0.3, 0.4) is 0 Å². The average Bonchev–Trinajstić information content (AvgIpc) is 3.29. The summed E-state index contributed by atoms with van der Waals surface area (Å²) in [5.74, 6) is 0.418. The summed E-state index contributed by atoms with van der Waals surface area (Å²) in [6.45, 7) is -0.0399. The lowest BCUT2D eigenvalue weighted by Gasteiger charge is -2.07. The fraction of sp³-hybridized carbons (Fsp3) is 0.111. The topological polar surface area (TPSA) is 80.5 Å². The highest BCUT2D eigenvalue weighted by Crippen LogP contribution is 2.34. The van der Waals surface area contributed by atoms with E-state index in [1.807, 2.05) is 6.07 Å². The van der Waals surface area contributed by atoms with Crippen LogP contribution in [0.15, 0.2) is 47.1 Å². The van der Waals surface area contributed by atoms with E-state index in [9.17, 15) is 8.78 Å². The number of rotatable bonds is 4. The first-order chi connectivity index (χ1) is 13.1. The second-order valence-electron chi connectivity index (χ2n) is 5.66. The summed E-state index contributed by atoms with van der Waals surface area (Å²) in [7, 11) is 0. The first kappa shape index (κ1) is 17.1. The van der Waals surface area contributed by atoms with Crippen molar-refractivity contribution < 1.29 is 13.3 Å². The molecule has 0 bridgehead atoms. The van der Waals surface area contributed by atoms with Gasteiger partial charge in [0.15, 0.2) is 5.82 Å². The van der Waals surface area contributed by atoms with Crippen molar-refractivity contribution in [1.82, 2.24) is 19.7 Å². The summed E-state index contributed by atoms with van der Waals surface area (Å²) in [6, 6.07) is 11.5. The van der Waals surface area contributed by atoms with Crippen molar-refractivity contribution in [1.29, 1.82) is 5.26 Å². The van der Waals surface area contributed by atoms with Gasteiger partial charge >= 0.3 is 0 Å². The summed E-state index contributed by atoms with van der Waals surface area (Å²) in [5.41, 5.74) is 0.924. The number of nitriles is 1. The molecule has 0 saturated heterocycles. The number of alkyl halides is 2. The highest BCUT2D eigenvalue weighted by molar-refractivity contribution is 6.36. The molecule has 4 rings (SSSR count). The molecule has 0 unspecified atom stereocenters. The Balaban J connectivity index is 1.78. The van der Waals surface area contributed by atoms with Crippen LogP contribution in [0.4, 0.5) is 8.78 Å². The summed E-state index contributed by atoms with van der Waals surface area (Å²) in [5, 5.41) is 13.4. The minimum absolute atomic E-state index is 0.0399. The molecule has 0 aliphatic rings. The minimum atomic E-state index is -2.74. The van der Waals surface area contributed by atoms with E-state index in [0.717, 1.165) is 0 Å². The van der Waals surface area contributed by atoms with Crippen LogP contribution in [0.1, 0.15) is 23.5 Å². The predicted octanol–water partition coefficient (Wildman–Crippen LogP) is 4.60. The Kier molecular flexibility index (Phi) is 4.30. The number of pyridine rings is 1. The molecule has 0 atom stereocenters. The highest BCUT2D eigenvalue weighted by Gasteiger charge is 2.21. The van der Waals surface area contributed by atoms with Gasteiger partial charge in [0.05, 0.1) is 28.3 Å². The van der Waals surface area contributed by atoms with E-state index >= 15 is 0 Å². The molecule has 0 spiro atoms. The summed E-state index contributed by atoms with van der Waals surface area (Å²) >= 11 is 6.18. The molecule has 134 valence electrons. The van der Waals surface area contributed by atoms with Crippen LogP contribution in [0.5, 0.6) is 0 Å². The summed E-state index contributed by atoms with van der Waals surface area (Å²) in [4.78, 5) is 8.34. The van der Waals surface area contributed by atoms with E-state index in [2.05, 4.69) is 15.1 Å². The van der Waals surface area contributed by atoms with Crippen LogP contribution in [-0.4, -0.2) is 19.7 Å². The second-order valence-corrected chi connectivity index (χ2v) is 6.04. The Hall–Kier alpha value is -3.31. The monoisotopic (exact) mass is 385 g/mol. The summed E-state index contributed by atoms with van der Waals surface area (Å²) < 4.78 is 33.6. The molecule has 27 heavy (non-hydrogen) atoms. The lowest BCUT2D eigenvalue weighted by Crippen LogP contribution is -2.06. The molecular formula is C18H10ClF2N5O. The molecular weight excluding hydrogens is 376 g/mol. The van der Waals surface area contributed by atoms with E-state index in [0.29, 0.717) is 16.6 Å². The number of aromatic nitrogens is 4. The third-order valence-electron chi connectivity index (χ3n) is 4.05. The van der Waals surface area contributed by atoms with Crippen molar-refractivity contribution in [2.45, 2.75) is 13.0 Å². The number of hydrogen-bond donors (Lipinski definition) is 0. The fourth-order valence-corrected chi connectivity index (χ4v) is 3.07. The zero-order valence-corrected chi connectivity index (χ0v) is 14.4. The molecule has 6 nitrogen and oxygen atoms in total. The fourth-order valence-electron chi connectivity index (χ4n) is 2.82. The Morgan fingerprint density at radius 2 is 2.11 bits per heavy atom. The van der Waals surface area contributed by atoms with E-state index < -0.39 is 6.43 Å². The van der Waals surface area contributed by atoms with Gasteiger partial charge in [-0.3, -0.25) is 4.98 Å². The number of fused-ring (bicyclic) bond motifs is 1.